The second-order valence-corrected chi connectivity index (χ2v) is 20.7. The molecule has 6 fully saturated rings. The van der Waals surface area contributed by atoms with Crippen LogP contribution in [0.1, 0.15) is 86.0 Å². The van der Waals surface area contributed by atoms with E-state index in [9.17, 15) is 66.1 Å². The largest absolute Gasteiger partial charge is 0.481 e. The molecule has 20 atom stereocenters. The molecule has 338 valence electrons. The number of aliphatic hydroxyl groups is 11. The molecule has 0 spiro atoms. The van der Waals surface area contributed by atoms with Crippen LogP contribution in [0.4, 0.5) is 0 Å². The van der Waals surface area contributed by atoms with Crippen molar-refractivity contribution in [2.75, 3.05) is 26.4 Å². The third-order valence-electron chi connectivity index (χ3n) is 17.4. The zero-order valence-corrected chi connectivity index (χ0v) is 34.7. The second kappa shape index (κ2) is 15.7. The van der Waals surface area contributed by atoms with Crippen molar-refractivity contribution >= 4 is 5.97 Å². The van der Waals surface area contributed by atoms with Gasteiger partial charge in [0.1, 0.15) is 54.2 Å². The predicted molar refractivity (Wildman–Crippen MR) is 204 cm³/mol. The maximum Gasteiger partial charge on any atom is 0.312 e. The van der Waals surface area contributed by atoms with Crippen LogP contribution in [-0.2, 0) is 23.7 Å². The maximum atomic E-state index is 13.1. The molecule has 17 heteroatoms. The zero-order chi connectivity index (χ0) is 43.4. The first kappa shape index (κ1) is 45.6. The molecule has 7 rings (SSSR count). The number of rotatable bonds is 9. The highest BCUT2D eigenvalue weighted by molar-refractivity contribution is 5.77. The lowest BCUT2D eigenvalue weighted by Crippen LogP contribution is -2.71. The molecule has 59 heavy (non-hydrogen) atoms. The Labute approximate surface area is 344 Å². The number of allylic oxidation sites excluding steroid dienone is 2. The van der Waals surface area contributed by atoms with E-state index in [1.54, 1.807) is 0 Å². The number of aliphatic carboxylic acids is 1. The van der Waals surface area contributed by atoms with E-state index < -0.39 is 145 Å². The number of fused-ring (bicyclic) bond motifs is 7. The lowest BCUT2D eigenvalue weighted by Gasteiger charge is -2.72. The first-order valence-corrected chi connectivity index (χ1v) is 21.3. The van der Waals surface area contributed by atoms with Crippen molar-refractivity contribution in [3.63, 3.8) is 0 Å². The van der Waals surface area contributed by atoms with Gasteiger partial charge < -0.3 is 80.2 Å². The average molecular weight is 845 g/mol. The minimum atomic E-state index is -1.90. The molecule has 17 nitrogen and oxygen atoms in total. The molecule has 0 aromatic heterocycles. The number of ether oxygens (including phenoxy) is 4. The number of hydrogen-bond acceptors (Lipinski definition) is 16. The van der Waals surface area contributed by atoms with Gasteiger partial charge in [-0.2, -0.15) is 0 Å². The van der Waals surface area contributed by atoms with Crippen molar-refractivity contribution in [2.45, 2.75) is 166 Å². The Balaban J connectivity index is 1.19. The monoisotopic (exact) mass is 844 g/mol. The van der Waals surface area contributed by atoms with Crippen molar-refractivity contribution in [3.8, 4) is 0 Å². The van der Waals surface area contributed by atoms with E-state index in [2.05, 4.69) is 40.7 Å². The van der Waals surface area contributed by atoms with Crippen LogP contribution < -0.4 is 0 Å². The van der Waals surface area contributed by atoms with Crippen LogP contribution in [0.15, 0.2) is 11.6 Å². The Morgan fingerprint density at radius 3 is 1.93 bits per heavy atom. The van der Waals surface area contributed by atoms with Crippen molar-refractivity contribution < 1.29 is 85.0 Å². The van der Waals surface area contributed by atoms with Gasteiger partial charge in [0.05, 0.1) is 44.7 Å². The first-order valence-electron chi connectivity index (χ1n) is 21.3. The van der Waals surface area contributed by atoms with Crippen LogP contribution in [0.2, 0.25) is 0 Å². The Kier molecular flexibility index (Phi) is 12.1. The molecule has 0 unspecified atom stereocenters. The van der Waals surface area contributed by atoms with Crippen molar-refractivity contribution in [1.82, 2.24) is 0 Å². The predicted octanol–water partition coefficient (Wildman–Crippen LogP) is -1.23. The quantitative estimate of drug-likeness (QED) is 0.0956. The fourth-order valence-electron chi connectivity index (χ4n) is 13.9. The van der Waals surface area contributed by atoms with Gasteiger partial charge in [0, 0.05) is 5.41 Å². The van der Waals surface area contributed by atoms with Crippen molar-refractivity contribution in [1.29, 1.82) is 0 Å². The van der Waals surface area contributed by atoms with Gasteiger partial charge in [0.25, 0.3) is 0 Å². The molecule has 0 aromatic rings. The summed E-state index contributed by atoms with van der Waals surface area (Å²) in [4.78, 5) is 13.1. The summed E-state index contributed by atoms with van der Waals surface area (Å²) < 4.78 is 23.4. The van der Waals surface area contributed by atoms with Gasteiger partial charge in [-0.3, -0.25) is 4.79 Å². The molecular formula is C42H68O17. The van der Waals surface area contributed by atoms with Crippen molar-refractivity contribution in [3.05, 3.63) is 11.6 Å². The number of aliphatic hydroxyl groups excluding tert-OH is 11. The molecule has 0 aromatic carbocycles. The van der Waals surface area contributed by atoms with Crippen LogP contribution in [0.3, 0.4) is 0 Å². The summed E-state index contributed by atoms with van der Waals surface area (Å²) in [6.45, 7) is 7.89. The van der Waals surface area contributed by atoms with Gasteiger partial charge in [0.2, 0.25) is 0 Å². The number of carboxylic acid groups (broad SMARTS) is 1. The molecule has 5 aliphatic carbocycles. The van der Waals surface area contributed by atoms with E-state index in [1.165, 1.54) is 0 Å². The Morgan fingerprint density at radius 1 is 0.729 bits per heavy atom. The summed E-state index contributed by atoms with van der Waals surface area (Å²) in [5, 5.41) is 131. The SMILES string of the molecule is CC1(C)CC[C@]2(C(=O)O)[C@H](C1)C1=CC[C@H]3[C@]4(C)C[C@@H](O)[C@@H](O[C@H]5O[C@@H](CO)[C@H](O)[C@@H](O[C@H]6O[C@@H](CO)[C@H](O)[C@@H](O)[C@@H]6O)[C@@H]5O)C(CO)(CO)[C@H]4CC[C@]3(C)[C@@]1(C)C[C@@H]2O. The van der Waals surface area contributed by atoms with Gasteiger partial charge in [-0.25, -0.2) is 0 Å². The van der Waals surface area contributed by atoms with Gasteiger partial charge in [-0.05, 0) is 90.8 Å². The molecule has 0 radical (unpaired) electrons. The lowest BCUT2D eigenvalue weighted by molar-refractivity contribution is -0.377. The van der Waals surface area contributed by atoms with Crippen molar-refractivity contribution in [2.24, 2.45) is 50.2 Å². The fraction of sp³-hybridized carbons (Fsp3) is 0.929. The third kappa shape index (κ3) is 6.54. The minimum absolute atomic E-state index is 0.120. The molecule has 2 aliphatic heterocycles. The van der Waals surface area contributed by atoms with Crippen LogP contribution in [0, 0.1) is 50.2 Å². The Morgan fingerprint density at radius 2 is 1.34 bits per heavy atom. The molecule has 7 aliphatic rings. The molecule has 0 bridgehead atoms. The normalized spacial score (nSPS) is 52.9. The standard InChI is InChI=1S/C42H68O17/c1-37(2)10-11-42(36(54)55)20(12-37)19-6-7-24-38(3)13-21(47)33(41(17-45,18-46)25(38)8-9-39(24,4)40(19,5)14-26(42)48)59-35-31(53)32(28(50)23(16-44)57-35)58-34-30(52)29(51)27(49)22(15-43)56-34/h6,20-35,43-53H,7-18H2,1-5H3,(H,54,55)/t20-,21-,22+,23+,24+,25+,26+,27+,28+,29-,30+,31+,32-,33-,34-,35-,38+,39+,40+,42+/m1/s1. The van der Waals surface area contributed by atoms with Gasteiger partial charge >= 0.3 is 5.97 Å². The molecule has 0 amide bonds. The molecule has 4 saturated carbocycles. The van der Waals surface area contributed by atoms with E-state index in [-0.39, 0.29) is 30.1 Å². The maximum absolute atomic E-state index is 13.1. The molecular weight excluding hydrogens is 776 g/mol. The van der Waals surface area contributed by atoms with Gasteiger partial charge in [-0.1, -0.05) is 46.3 Å². The average Bonchev–Trinajstić information content (AvgIpc) is 3.17. The van der Waals surface area contributed by atoms with E-state index in [4.69, 9.17) is 18.9 Å². The topological polar surface area (TPSA) is 297 Å². The summed E-state index contributed by atoms with van der Waals surface area (Å²) in [7, 11) is 0. The summed E-state index contributed by atoms with van der Waals surface area (Å²) in [5.74, 6) is -1.93. The second-order valence-electron chi connectivity index (χ2n) is 20.7. The molecule has 12 N–H and O–H groups in total. The first-order chi connectivity index (χ1) is 27.6. The summed E-state index contributed by atoms with van der Waals surface area (Å²) >= 11 is 0. The van der Waals surface area contributed by atoms with Crippen LogP contribution >= 0.6 is 0 Å². The summed E-state index contributed by atoms with van der Waals surface area (Å²) in [5.41, 5.74) is -3.65. The number of hydrogen-bond donors (Lipinski definition) is 12. The minimum Gasteiger partial charge on any atom is -0.481 e. The highest BCUT2D eigenvalue weighted by Gasteiger charge is 2.73. The van der Waals surface area contributed by atoms with E-state index >= 15 is 0 Å². The Bertz CT molecular complexity index is 1590. The highest BCUT2D eigenvalue weighted by Crippen LogP contribution is 2.76. The number of carboxylic acids is 1. The van der Waals surface area contributed by atoms with Gasteiger partial charge in [-0.15, -0.1) is 0 Å². The van der Waals surface area contributed by atoms with Gasteiger partial charge in [0.15, 0.2) is 12.6 Å². The zero-order valence-electron chi connectivity index (χ0n) is 34.7. The third-order valence-corrected chi connectivity index (χ3v) is 17.4. The molecule has 2 saturated heterocycles. The number of carbonyl (C=O) groups is 1. The van der Waals surface area contributed by atoms with E-state index in [0.717, 1.165) is 5.57 Å². The smallest absolute Gasteiger partial charge is 0.312 e. The fourth-order valence-corrected chi connectivity index (χ4v) is 13.9. The van der Waals surface area contributed by atoms with Crippen LogP contribution in [0.25, 0.3) is 0 Å². The Hall–Kier alpha value is -1.39. The molecule has 2 heterocycles. The van der Waals surface area contributed by atoms with E-state index in [1.807, 2.05) is 0 Å². The summed E-state index contributed by atoms with van der Waals surface area (Å²) in [6.07, 6.45) is -15.0. The van der Waals surface area contributed by atoms with E-state index in [0.29, 0.717) is 38.5 Å². The van der Waals surface area contributed by atoms with Crippen LogP contribution in [0.5, 0.6) is 0 Å². The summed E-state index contributed by atoms with van der Waals surface area (Å²) in [6, 6.07) is 0. The highest BCUT2D eigenvalue weighted by atomic mass is 16.7. The lowest BCUT2D eigenvalue weighted by atomic mass is 9.33. The van der Waals surface area contributed by atoms with Crippen LogP contribution in [-0.4, -0.2) is 173 Å².